The third kappa shape index (κ3) is 0.707. The van der Waals surface area contributed by atoms with E-state index in [0.29, 0.717) is 28.9 Å². The van der Waals surface area contributed by atoms with E-state index >= 15 is 0 Å². The van der Waals surface area contributed by atoms with Crippen molar-refractivity contribution >= 4 is 6.29 Å². The summed E-state index contributed by atoms with van der Waals surface area (Å²) >= 11 is 0. The largest absolute Gasteiger partial charge is 0.508 e. The number of ether oxygens (including phenoxy) is 1. The van der Waals surface area contributed by atoms with Gasteiger partial charge >= 0.3 is 0 Å². The summed E-state index contributed by atoms with van der Waals surface area (Å²) in [5, 5.41) is 9.21. The molecule has 1 heterocycles. The second kappa shape index (κ2) is 1.75. The molecule has 0 saturated heterocycles. The molecular formula is C8H6O3. The van der Waals surface area contributed by atoms with Crippen molar-refractivity contribution in [1.29, 1.82) is 0 Å². The standard InChI is InChI=1S/C8H6O3/c1-4-6(10)2-5(3-9)8-7(4)11-8/h2-3,10H,1H3. The van der Waals surface area contributed by atoms with Crippen molar-refractivity contribution in [2.45, 2.75) is 6.92 Å². The first kappa shape index (κ1) is 6.22. The highest BCUT2D eigenvalue weighted by molar-refractivity contribution is 5.87. The van der Waals surface area contributed by atoms with E-state index in [1.807, 2.05) is 0 Å². The lowest BCUT2D eigenvalue weighted by Gasteiger charge is -1.91. The molecule has 1 aromatic carbocycles. The van der Waals surface area contributed by atoms with Crippen LogP contribution in [0.4, 0.5) is 0 Å². The summed E-state index contributed by atoms with van der Waals surface area (Å²) in [4.78, 5) is 10.3. The smallest absolute Gasteiger partial charge is 0.181 e. The van der Waals surface area contributed by atoms with Crippen molar-refractivity contribution < 1.29 is 14.6 Å². The third-order valence-electron chi connectivity index (χ3n) is 1.77. The van der Waals surface area contributed by atoms with Crippen LogP contribution in [-0.2, 0) is 0 Å². The van der Waals surface area contributed by atoms with Gasteiger partial charge < -0.3 is 9.84 Å². The van der Waals surface area contributed by atoms with Gasteiger partial charge in [-0.2, -0.15) is 0 Å². The van der Waals surface area contributed by atoms with Gasteiger partial charge in [-0.15, -0.1) is 0 Å². The quantitative estimate of drug-likeness (QED) is 0.496. The molecule has 0 atom stereocenters. The minimum absolute atomic E-state index is 0.114. The fraction of sp³-hybridized carbons (Fsp3) is 0.125. The van der Waals surface area contributed by atoms with Gasteiger partial charge in [-0.3, -0.25) is 4.79 Å². The molecular weight excluding hydrogens is 144 g/mol. The minimum atomic E-state index is 0.114. The number of carbonyl (C=O) groups excluding carboxylic acids is 1. The van der Waals surface area contributed by atoms with Gasteiger partial charge in [0, 0.05) is 5.56 Å². The summed E-state index contributed by atoms with van der Waals surface area (Å²) in [6.45, 7) is 1.75. The van der Waals surface area contributed by atoms with Gasteiger partial charge in [0.15, 0.2) is 17.8 Å². The molecule has 1 aliphatic rings. The molecule has 0 spiro atoms. The van der Waals surface area contributed by atoms with Crippen LogP contribution < -0.4 is 4.74 Å². The van der Waals surface area contributed by atoms with Crippen LogP contribution in [0.25, 0.3) is 0 Å². The summed E-state index contributed by atoms with van der Waals surface area (Å²) in [5.74, 6) is 1.37. The molecule has 1 N–H and O–H groups in total. The predicted molar refractivity (Wildman–Crippen MR) is 38.3 cm³/mol. The van der Waals surface area contributed by atoms with Gasteiger partial charge in [0.05, 0.1) is 5.56 Å². The lowest BCUT2D eigenvalue weighted by atomic mass is 10.1. The Balaban J connectivity index is 2.68. The van der Waals surface area contributed by atoms with Crippen LogP contribution in [-0.4, -0.2) is 11.4 Å². The highest BCUT2D eigenvalue weighted by Crippen LogP contribution is 2.52. The average Bonchev–Trinajstić information content (AvgIpc) is 2.76. The van der Waals surface area contributed by atoms with Crippen molar-refractivity contribution in [1.82, 2.24) is 0 Å². The van der Waals surface area contributed by atoms with Gasteiger partial charge in [-0.05, 0) is 13.0 Å². The Morgan fingerprint density at radius 1 is 1.55 bits per heavy atom. The second-order valence-electron chi connectivity index (χ2n) is 2.49. The van der Waals surface area contributed by atoms with Crippen molar-refractivity contribution in [2.24, 2.45) is 0 Å². The van der Waals surface area contributed by atoms with E-state index in [0.717, 1.165) is 0 Å². The molecule has 1 aliphatic heterocycles. The number of hydrogen-bond acceptors (Lipinski definition) is 3. The Hall–Kier alpha value is -1.51. The van der Waals surface area contributed by atoms with E-state index in [9.17, 15) is 9.90 Å². The van der Waals surface area contributed by atoms with Crippen molar-refractivity contribution in [3.63, 3.8) is 0 Å². The summed E-state index contributed by atoms with van der Waals surface area (Å²) < 4.78 is 4.98. The molecule has 0 aliphatic carbocycles. The molecule has 2 rings (SSSR count). The zero-order chi connectivity index (χ0) is 8.01. The Kier molecular flexibility index (Phi) is 0.990. The Morgan fingerprint density at radius 3 is 2.91 bits per heavy atom. The van der Waals surface area contributed by atoms with Crippen LogP contribution >= 0.6 is 0 Å². The SMILES string of the molecule is Cc1c(O)cc(C=O)c2c1O2. The highest BCUT2D eigenvalue weighted by atomic mass is 16.6. The first-order valence-corrected chi connectivity index (χ1v) is 3.23. The van der Waals surface area contributed by atoms with Crippen molar-refractivity contribution in [2.75, 3.05) is 0 Å². The molecule has 3 nitrogen and oxygen atoms in total. The number of rotatable bonds is 1. The summed E-state index contributed by atoms with van der Waals surface area (Å²) in [6, 6.07) is 1.41. The molecule has 0 amide bonds. The Labute approximate surface area is 63.2 Å². The topological polar surface area (TPSA) is 49.8 Å². The second-order valence-corrected chi connectivity index (χ2v) is 2.49. The number of fused-ring (bicyclic) bond motifs is 1. The van der Waals surface area contributed by atoms with Gasteiger partial charge in [0.25, 0.3) is 0 Å². The van der Waals surface area contributed by atoms with Crippen LogP contribution in [0.2, 0.25) is 0 Å². The van der Waals surface area contributed by atoms with E-state index in [2.05, 4.69) is 0 Å². The lowest BCUT2D eigenvalue weighted by molar-refractivity contribution is 0.112. The first-order chi connectivity index (χ1) is 5.24. The van der Waals surface area contributed by atoms with Crippen LogP contribution in [0.3, 0.4) is 0 Å². The molecule has 0 radical (unpaired) electrons. The van der Waals surface area contributed by atoms with Crippen LogP contribution in [0.15, 0.2) is 6.07 Å². The summed E-state index contributed by atoms with van der Waals surface area (Å²) in [6.07, 6.45) is 0.672. The van der Waals surface area contributed by atoms with Gasteiger partial charge in [-0.1, -0.05) is 0 Å². The number of benzene rings is 1. The maximum Gasteiger partial charge on any atom is 0.181 e. The number of aromatic hydroxyl groups is 1. The van der Waals surface area contributed by atoms with E-state index in [1.165, 1.54) is 6.07 Å². The molecule has 0 aromatic heterocycles. The first-order valence-electron chi connectivity index (χ1n) is 3.23. The van der Waals surface area contributed by atoms with E-state index in [4.69, 9.17) is 4.74 Å². The molecule has 11 heavy (non-hydrogen) atoms. The minimum Gasteiger partial charge on any atom is -0.508 e. The highest BCUT2D eigenvalue weighted by Gasteiger charge is 2.29. The summed E-state index contributed by atoms with van der Waals surface area (Å²) in [7, 11) is 0. The fourth-order valence-electron chi connectivity index (χ4n) is 1.04. The predicted octanol–water partition coefficient (Wildman–Crippen LogP) is 1.62. The average molecular weight is 150 g/mol. The monoisotopic (exact) mass is 150 g/mol. The van der Waals surface area contributed by atoms with Crippen LogP contribution in [0.1, 0.15) is 15.9 Å². The number of carbonyl (C=O) groups is 1. The zero-order valence-electron chi connectivity index (χ0n) is 5.92. The number of aldehydes is 1. The zero-order valence-corrected chi connectivity index (χ0v) is 5.92. The van der Waals surface area contributed by atoms with E-state index < -0.39 is 0 Å². The number of phenolic OH excluding ortho intramolecular Hbond substituents is 1. The molecule has 0 saturated carbocycles. The van der Waals surface area contributed by atoms with Crippen molar-refractivity contribution in [3.8, 4) is 17.2 Å². The number of phenols is 1. The van der Waals surface area contributed by atoms with Crippen LogP contribution in [0.5, 0.6) is 17.2 Å². The lowest BCUT2D eigenvalue weighted by Crippen LogP contribution is -1.74. The molecule has 0 bridgehead atoms. The normalized spacial score (nSPS) is 11.7. The number of hydrogen-bond donors (Lipinski definition) is 1. The molecule has 1 aromatic rings. The van der Waals surface area contributed by atoms with Gasteiger partial charge in [0.2, 0.25) is 0 Å². The molecule has 56 valence electrons. The Morgan fingerprint density at radius 2 is 2.27 bits per heavy atom. The molecule has 0 fully saturated rings. The van der Waals surface area contributed by atoms with Gasteiger partial charge in [-0.25, -0.2) is 0 Å². The van der Waals surface area contributed by atoms with Crippen LogP contribution in [0, 0.1) is 6.92 Å². The third-order valence-corrected chi connectivity index (χ3v) is 1.77. The maximum atomic E-state index is 10.3. The van der Waals surface area contributed by atoms with Crippen molar-refractivity contribution in [3.05, 3.63) is 17.2 Å². The molecule has 0 unspecified atom stereocenters. The van der Waals surface area contributed by atoms with E-state index in [-0.39, 0.29) is 5.75 Å². The van der Waals surface area contributed by atoms with Gasteiger partial charge in [0.1, 0.15) is 5.75 Å². The Bertz CT molecular complexity index is 338. The van der Waals surface area contributed by atoms with E-state index in [1.54, 1.807) is 6.92 Å². The summed E-state index contributed by atoms with van der Waals surface area (Å²) in [5.41, 5.74) is 1.12. The molecule has 3 heteroatoms. The fourth-order valence-corrected chi connectivity index (χ4v) is 1.04. The maximum absolute atomic E-state index is 10.3.